The van der Waals surface area contributed by atoms with E-state index < -0.39 is 6.09 Å². The van der Waals surface area contributed by atoms with Crippen molar-refractivity contribution in [3.8, 4) is 0 Å². The molecule has 4 nitrogen and oxygen atoms in total. The van der Waals surface area contributed by atoms with Crippen molar-refractivity contribution in [3.63, 3.8) is 0 Å². The molecule has 2 rings (SSSR count). The fourth-order valence-electron chi connectivity index (χ4n) is 2.34. The van der Waals surface area contributed by atoms with E-state index in [1.165, 1.54) is 39.2 Å². The highest BCUT2D eigenvalue weighted by atomic mass is 16.5. The third-order valence-electron chi connectivity index (χ3n) is 3.27. The zero-order valence-electron chi connectivity index (χ0n) is 10.7. The van der Waals surface area contributed by atoms with Crippen molar-refractivity contribution in [3.05, 3.63) is 24.3 Å². The lowest BCUT2D eigenvalue weighted by Crippen LogP contribution is -2.22. The Bertz CT molecular complexity index is 401. The Hall–Kier alpha value is -1.71. The first kappa shape index (κ1) is 12.7. The van der Waals surface area contributed by atoms with E-state index in [2.05, 4.69) is 15.4 Å². The lowest BCUT2D eigenvalue weighted by Gasteiger charge is -2.24. The SMILES string of the molecule is COC(=O)Nc1cccc(NC2CCCCC2)c1. The van der Waals surface area contributed by atoms with Gasteiger partial charge in [-0.05, 0) is 31.0 Å². The standard InChI is InChI=1S/C14H20N2O2/c1-18-14(17)16-13-9-5-8-12(10-13)15-11-6-3-2-4-7-11/h5,8-11,15H,2-4,6-7H2,1H3,(H,16,17). The number of methoxy groups -OCH3 is 1. The molecule has 1 saturated carbocycles. The number of anilines is 2. The number of rotatable bonds is 3. The first-order valence-electron chi connectivity index (χ1n) is 6.49. The number of amides is 1. The number of benzene rings is 1. The van der Waals surface area contributed by atoms with Crippen LogP contribution < -0.4 is 10.6 Å². The minimum atomic E-state index is -0.440. The van der Waals surface area contributed by atoms with Crippen LogP contribution in [0.15, 0.2) is 24.3 Å². The molecule has 2 N–H and O–H groups in total. The maximum Gasteiger partial charge on any atom is 0.411 e. The van der Waals surface area contributed by atoms with Crippen molar-refractivity contribution in [1.82, 2.24) is 0 Å². The molecule has 1 amide bonds. The van der Waals surface area contributed by atoms with Crippen LogP contribution in [0.2, 0.25) is 0 Å². The van der Waals surface area contributed by atoms with Gasteiger partial charge >= 0.3 is 6.09 Å². The highest BCUT2D eigenvalue weighted by Gasteiger charge is 2.13. The van der Waals surface area contributed by atoms with E-state index in [0.29, 0.717) is 6.04 Å². The summed E-state index contributed by atoms with van der Waals surface area (Å²) in [5, 5.41) is 6.19. The zero-order chi connectivity index (χ0) is 12.8. The summed E-state index contributed by atoms with van der Waals surface area (Å²) >= 11 is 0. The predicted octanol–water partition coefficient (Wildman–Crippen LogP) is 3.61. The number of nitrogens with one attached hydrogen (secondary N) is 2. The molecule has 0 radical (unpaired) electrons. The minimum Gasteiger partial charge on any atom is -0.453 e. The quantitative estimate of drug-likeness (QED) is 0.859. The summed E-state index contributed by atoms with van der Waals surface area (Å²) in [6.45, 7) is 0. The van der Waals surface area contributed by atoms with Gasteiger partial charge in [0, 0.05) is 17.4 Å². The Morgan fingerprint density at radius 3 is 2.67 bits per heavy atom. The van der Waals surface area contributed by atoms with Crippen molar-refractivity contribution in [1.29, 1.82) is 0 Å². The zero-order valence-corrected chi connectivity index (χ0v) is 10.7. The highest BCUT2D eigenvalue weighted by molar-refractivity contribution is 5.85. The molecule has 98 valence electrons. The molecular weight excluding hydrogens is 228 g/mol. The Balaban J connectivity index is 1.95. The molecule has 1 aromatic carbocycles. The van der Waals surface area contributed by atoms with Gasteiger partial charge in [0.25, 0.3) is 0 Å². The van der Waals surface area contributed by atoms with Gasteiger partial charge in [-0.1, -0.05) is 25.3 Å². The summed E-state index contributed by atoms with van der Waals surface area (Å²) < 4.78 is 4.57. The maximum absolute atomic E-state index is 11.1. The smallest absolute Gasteiger partial charge is 0.411 e. The number of carbonyl (C=O) groups is 1. The first-order valence-corrected chi connectivity index (χ1v) is 6.49. The lowest BCUT2D eigenvalue weighted by atomic mass is 9.95. The minimum absolute atomic E-state index is 0.440. The van der Waals surface area contributed by atoms with Crippen LogP contribution in [-0.4, -0.2) is 19.2 Å². The van der Waals surface area contributed by atoms with Gasteiger partial charge in [-0.3, -0.25) is 5.32 Å². The first-order chi connectivity index (χ1) is 8.78. The molecule has 1 fully saturated rings. The number of ether oxygens (including phenoxy) is 1. The van der Waals surface area contributed by atoms with E-state index in [1.54, 1.807) is 0 Å². The number of carbonyl (C=O) groups excluding carboxylic acids is 1. The molecule has 0 bridgehead atoms. The lowest BCUT2D eigenvalue weighted by molar-refractivity contribution is 0.187. The molecule has 0 atom stereocenters. The van der Waals surface area contributed by atoms with E-state index in [9.17, 15) is 4.79 Å². The Labute approximate surface area is 108 Å². The van der Waals surface area contributed by atoms with Crippen LogP contribution in [0.4, 0.5) is 16.2 Å². The molecule has 1 aromatic rings. The van der Waals surface area contributed by atoms with Gasteiger partial charge in [0.1, 0.15) is 0 Å². The summed E-state index contributed by atoms with van der Waals surface area (Å²) in [6, 6.07) is 8.30. The van der Waals surface area contributed by atoms with Gasteiger partial charge in [0.05, 0.1) is 7.11 Å². The normalized spacial score (nSPS) is 16.1. The van der Waals surface area contributed by atoms with Gasteiger partial charge in [0.2, 0.25) is 0 Å². The molecule has 1 aliphatic rings. The largest absolute Gasteiger partial charge is 0.453 e. The highest BCUT2D eigenvalue weighted by Crippen LogP contribution is 2.23. The van der Waals surface area contributed by atoms with Crippen molar-refractivity contribution in [2.75, 3.05) is 17.7 Å². The number of hydrogen-bond donors (Lipinski definition) is 2. The van der Waals surface area contributed by atoms with Crippen LogP contribution in [0.1, 0.15) is 32.1 Å². The fourth-order valence-corrected chi connectivity index (χ4v) is 2.34. The molecule has 0 aromatic heterocycles. The van der Waals surface area contributed by atoms with Crippen LogP contribution in [0, 0.1) is 0 Å². The van der Waals surface area contributed by atoms with Crippen LogP contribution in [-0.2, 0) is 4.74 Å². The van der Waals surface area contributed by atoms with Gasteiger partial charge in [-0.2, -0.15) is 0 Å². The van der Waals surface area contributed by atoms with Gasteiger partial charge < -0.3 is 10.1 Å². The van der Waals surface area contributed by atoms with Crippen molar-refractivity contribution in [2.24, 2.45) is 0 Å². The van der Waals surface area contributed by atoms with E-state index in [-0.39, 0.29) is 0 Å². The summed E-state index contributed by atoms with van der Waals surface area (Å²) in [5.41, 5.74) is 1.80. The van der Waals surface area contributed by atoms with Crippen molar-refractivity contribution in [2.45, 2.75) is 38.1 Å². The average Bonchev–Trinajstić information content (AvgIpc) is 2.40. The second-order valence-corrected chi connectivity index (χ2v) is 4.68. The molecule has 1 aliphatic carbocycles. The molecule has 0 unspecified atom stereocenters. The Morgan fingerprint density at radius 2 is 1.94 bits per heavy atom. The summed E-state index contributed by atoms with van der Waals surface area (Å²) in [4.78, 5) is 11.1. The third kappa shape index (κ3) is 3.65. The van der Waals surface area contributed by atoms with Crippen molar-refractivity contribution >= 4 is 17.5 Å². The molecule has 0 heterocycles. The molecule has 0 aliphatic heterocycles. The van der Waals surface area contributed by atoms with Crippen LogP contribution >= 0.6 is 0 Å². The van der Waals surface area contributed by atoms with E-state index in [1.807, 2.05) is 24.3 Å². The number of hydrogen-bond acceptors (Lipinski definition) is 3. The van der Waals surface area contributed by atoms with Crippen molar-refractivity contribution < 1.29 is 9.53 Å². The third-order valence-corrected chi connectivity index (χ3v) is 3.27. The van der Waals surface area contributed by atoms with Gasteiger partial charge in [-0.25, -0.2) is 4.79 Å². The second-order valence-electron chi connectivity index (χ2n) is 4.68. The van der Waals surface area contributed by atoms with E-state index in [0.717, 1.165) is 11.4 Å². The molecule has 0 saturated heterocycles. The maximum atomic E-state index is 11.1. The molecule has 0 spiro atoms. The molecule has 18 heavy (non-hydrogen) atoms. The van der Waals surface area contributed by atoms with Crippen LogP contribution in [0.5, 0.6) is 0 Å². The summed E-state index contributed by atoms with van der Waals surface area (Å²) in [7, 11) is 1.36. The van der Waals surface area contributed by atoms with Gasteiger partial charge in [-0.15, -0.1) is 0 Å². The second kappa shape index (κ2) is 6.28. The summed E-state index contributed by atoms with van der Waals surface area (Å²) in [6.07, 6.45) is 5.98. The van der Waals surface area contributed by atoms with E-state index in [4.69, 9.17) is 0 Å². The average molecular weight is 248 g/mol. The monoisotopic (exact) mass is 248 g/mol. The molecular formula is C14H20N2O2. The molecule has 4 heteroatoms. The Morgan fingerprint density at radius 1 is 1.22 bits per heavy atom. The fraction of sp³-hybridized carbons (Fsp3) is 0.500. The predicted molar refractivity (Wildman–Crippen MR) is 73.0 cm³/mol. The van der Waals surface area contributed by atoms with E-state index >= 15 is 0 Å². The van der Waals surface area contributed by atoms with Crippen LogP contribution in [0.25, 0.3) is 0 Å². The topological polar surface area (TPSA) is 50.4 Å². The summed E-state index contributed by atoms with van der Waals surface area (Å²) in [5.74, 6) is 0. The van der Waals surface area contributed by atoms with Gasteiger partial charge in [0.15, 0.2) is 0 Å². The van der Waals surface area contributed by atoms with Crippen LogP contribution in [0.3, 0.4) is 0 Å². The Kier molecular flexibility index (Phi) is 4.45.